The number of aromatic nitrogens is 2. The topological polar surface area (TPSA) is 158 Å². The molecule has 2 rings (SSSR count). The summed E-state index contributed by atoms with van der Waals surface area (Å²) < 4.78 is 34.5. The van der Waals surface area contributed by atoms with E-state index in [0.29, 0.717) is 0 Å². The molecule has 11 nitrogen and oxygen atoms in total. The van der Waals surface area contributed by atoms with Crippen LogP contribution in [0.3, 0.4) is 0 Å². The first-order valence-corrected chi connectivity index (χ1v) is 9.70. The fourth-order valence-corrected chi connectivity index (χ4v) is 3.44. The number of rotatable bonds is 7. The Kier molecular flexibility index (Phi) is 6.90. The van der Waals surface area contributed by atoms with Crippen molar-refractivity contribution in [3.05, 3.63) is 22.7 Å². The van der Waals surface area contributed by atoms with Crippen LogP contribution in [-0.2, 0) is 34.4 Å². The molecule has 3 atom stereocenters. The fraction of sp³-hybridized carbons (Fsp3) is 0.643. The summed E-state index contributed by atoms with van der Waals surface area (Å²) in [4.78, 5) is 26.9. The van der Waals surface area contributed by atoms with Crippen LogP contribution >= 0.6 is 7.60 Å². The third kappa shape index (κ3) is 5.89. The Labute approximate surface area is 150 Å². The second kappa shape index (κ2) is 8.74. The summed E-state index contributed by atoms with van der Waals surface area (Å²) in [5.74, 6) is -0.532. The molecule has 12 heteroatoms. The zero-order chi connectivity index (χ0) is 19.3. The molecule has 0 saturated carbocycles. The van der Waals surface area contributed by atoms with Gasteiger partial charge < -0.3 is 30.0 Å². The molecule has 0 aliphatic carbocycles. The molecule has 1 aromatic heterocycles. The van der Waals surface area contributed by atoms with Crippen LogP contribution in [0.15, 0.2) is 17.1 Å². The lowest BCUT2D eigenvalue weighted by molar-refractivity contribution is -0.149. The van der Waals surface area contributed by atoms with E-state index in [-0.39, 0.29) is 38.0 Å². The minimum atomic E-state index is -3.54. The summed E-state index contributed by atoms with van der Waals surface area (Å²) in [6.45, 7) is 3.16. The minimum absolute atomic E-state index is 0.0558. The largest absolute Gasteiger partial charge is 0.462 e. The SMILES string of the molecule is CC(C)OC(=O)[C@H](N)COP1(=O)CO[C@@H](Cn2ccc(N)nc2=O)CO1. The predicted octanol–water partition coefficient (Wildman–Crippen LogP) is -0.313. The van der Waals surface area contributed by atoms with Gasteiger partial charge in [0.15, 0.2) is 0 Å². The molecule has 2 heterocycles. The summed E-state index contributed by atoms with van der Waals surface area (Å²) in [6, 6.07) is 0.403. The van der Waals surface area contributed by atoms with E-state index in [0.717, 1.165) is 0 Å². The molecule has 0 spiro atoms. The van der Waals surface area contributed by atoms with Gasteiger partial charge in [-0.3, -0.25) is 13.9 Å². The van der Waals surface area contributed by atoms with Gasteiger partial charge in [0.05, 0.1) is 25.9 Å². The number of hydrogen-bond donors (Lipinski definition) is 2. The molecular weight excluding hydrogens is 367 g/mol. The summed E-state index contributed by atoms with van der Waals surface area (Å²) in [5, 5.41) is 0. The Bertz CT molecular complexity index is 726. The normalized spacial score (nSPS) is 24.4. The molecule has 1 aromatic rings. The molecule has 4 N–H and O–H groups in total. The van der Waals surface area contributed by atoms with Crippen LogP contribution in [0.4, 0.5) is 5.82 Å². The maximum Gasteiger partial charge on any atom is 0.356 e. The van der Waals surface area contributed by atoms with E-state index in [4.69, 9.17) is 30.0 Å². The van der Waals surface area contributed by atoms with Gasteiger partial charge in [0.2, 0.25) is 0 Å². The minimum Gasteiger partial charge on any atom is -0.462 e. The van der Waals surface area contributed by atoms with Gasteiger partial charge >= 0.3 is 19.3 Å². The van der Waals surface area contributed by atoms with Crippen LogP contribution in [0.1, 0.15) is 13.8 Å². The summed E-state index contributed by atoms with van der Waals surface area (Å²) in [5.41, 5.74) is 10.5. The third-order valence-corrected chi connectivity index (χ3v) is 4.88. The molecular formula is C14H23N4O7P. The lowest BCUT2D eigenvalue weighted by Crippen LogP contribution is -2.39. The number of carbonyl (C=O) groups is 1. The van der Waals surface area contributed by atoms with Crippen molar-refractivity contribution in [2.45, 2.75) is 38.6 Å². The highest BCUT2D eigenvalue weighted by Gasteiger charge is 2.34. The third-order valence-electron chi connectivity index (χ3n) is 3.33. The average Bonchev–Trinajstić information content (AvgIpc) is 2.57. The Morgan fingerprint density at radius 2 is 2.27 bits per heavy atom. The van der Waals surface area contributed by atoms with Crippen LogP contribution in [0.2, 0.25) is 0 Å². The Morgan fingerprint density at radius 3 is 2.85 bits per heavy atom. The van der Waals surface area contributed by atoms with Crippen LogP contribution in [0.25, 0.3) is 0 Å². The first kappa shape index (κ1) is 20.5. The van der Waals surface area contributed by atoms with Gasteiger partial charge in [-0.25, -0.2) is 4.79 Å². The molecule has 1 fully saturated rings. The van der Waals surface area contributed by atoms with Crippen LogP contribution in [0.5, 0.6) is 0 Å². The van der Waals surface area contributed by atoms with Gasteiger partial charge in [0.25, 0.3) is 0 Å². The number of anilines is 1. The Hall–Kier alpha value is -1.78. The molecule has 1 aliphatic rings. The Balaban J connectivity index is 1.82. The van der Waals surface area contributed by atoms with Gasteiger partial charge in [-0.1, -0.05) is 0 Å². The molecule has 0 aromatic carbocycles. The predicted molar refractivity (Wildman–Crippen MR) is 91.4 cm³/mol. The van der Waals surface area contributed by atoms with Crippen molar-refractivity contribution in [1.29, 1.82) is 0 Å². The van der Waals surface area contributed by atoms with Gasteiger partial charge in [-0.2, -0.15) is 4.98 Å². The quantitative estimate of drug-likeness (QED) is 0.467. The second-order valence-corrected chi connectivity index (χ2v) is 8.00. The van der Waals surface area contributed by atoms with Crippen LogP contribution < -0.4 is 17.2 Å². The zero-order valence-electron chi connectivity index (χ0n) is 14.6. The summed E-state index contributed by atoms with van der Waals surface area (Å²) >= 11 is 0. The molecule has 0 bridgehead atoms. The molecule has 26 heavy (non-hydrogen) atoms. The second-order valence-electron chi connectivity index (χ2n) is 6.00. The highest BCUT2D eigenvalue weighted by molar-refractivity contribution is 7.53. The maximum absolute atomic E-state index is 12.4. The van der Waals surface area contributed by atoms with Crippen molar-refractivity contribution in [2.24, 2.45) is 5.73 Å². The molecule has 146 valence electrons. The number of ether oxygens (including phenoxy) is 2. The molecule has 1 saturated heterocycles. The van der Waals surface area contributed by atoms with Gasteiger partial charge in [0.1, 0.15) is 24.3 Å². The van der Waals surface area contributed by atoms with E-state index < -0.39 is 31.4 Å². The number of hydrogen-bond acceptors (Lipinski definition) is 10. The average molecular weight is 390 g/mol. The van der Waals surface area contributed by atoms with Crippen molar-refractivity contribution in [1.82, 2.24) is 9.55 Å². The van der Waals surface area contributed by atoms with E-state index in [1.165, 1.54) is 16.8 Å². The van der Waals surface area contributed by atoms with E-state index >= 15 is 0 Å². The van der Waals surface area contributed by atoms with Gasteiger partial charge in [0, 0.05) is 6.20 Å². The molecule has 0 amide bonds. The van der Waals surface area contributed by atoms with Crippen molar-refractivity contribution in [3.8, 4) is 0 Å². The summed E-state index contributed by atoms with van der Waals surface area (Å²) in [7, 11) is -3.54. The highest BCUT2D eigenvalue weighted by atomic mass is 31.2. The van der Waals surface area contributed by atoms with E-state index in [1.54, 1.807) is 13.8 Å². The smallest absolute Gasteiger partial charge is 0.356 e. The van der Waals surface area contributed by atoms with Gasteiger partial charge in [-0.05, 0) is 19.9 Å². The van der Waals surface area contributed by atoms with E-state index in [1.807, 2.05) is 0 Å². The molecule has 1 unspecified atom stereocenters. The van der Waals surface area contributed by atoms with Crippen LogP contribution in [0, 0.1) is 0 Å². The summed E-state index contributed by atoms with van der Waals surface area (Å²) in [6.07, 6.45) is 0.341. The number of nitrogens with zero attached hydrogens (tertiary/aromatic N) is 2. The van der Waals surface area contributed by atoms with E-state index in [9.17, 15) is 14.2 Å². The fourth-order valence-electron chi connectivity index (χ4n) is 2.04. The lowest BCUT2D eigenvalue weighted by atomic mass is 10.3. The first-order chi connectivity index (χ1) is 12.2. The first-order valence-electron chi connectivity index (χ1n) is 7.97. The standard InChI is InChI=1S/C14H23N4O7P/c1-9(2)25-13(19)11(15)7-24-26(21)8-22-10(6-23-26)5-18-4-3-12(16)17-14(18)20/h3-4,9-11H,5-8,15H2,1-2H3,(H2,16,17,20)/t10-,11+,26?/m0/s1. The van der Waals surface area contributed by atoms with Crippen molar-refractivity contribution in [2.75, 3.05) is 25.3 Å². The monoisotopic (exact) mass is 390 g/mol. The van der Waals surface area contributed by atoms with Crippen LogP contribution in [-0.4, -0.2) is 53.3 Å². The zero-order valence-corrected chi connectivity index (χ0v) is 15.5. The van der Waals surface area contributed by atoms with Crippen molar-refractivity contribution < 1.29 is 27.9 Å². The molecule has 1 aliphatic heterocycles. The van der Waals surface area contributed by atoms with E-state index in [2.05, 4.69) is 4.98 Å². The van der Waals surface area contributed by atoms with Crippen molar-refractivity contribution >= 4 is 19.4 Å². The number of nitrogens with two attached hydrogens (primary N) is 2. The number of carbonyl (C=O) groups excluding carboxylic acids is 1. The van der Waals surface area contributed by atoms with Gasteiger partial charge in [-0.15, -0.1) is 0 Å². The number of nitrogen functional groups attached to an aromatic ring is 1. The van der Waals surface area contributed by atoms with Crippen molar-refractivity contribution in [3.63, 3.8) is 0 Å². The highest BCUT2D eigenvalue weighted by Crippen LogP contribution is 2.50. The Morgan fingerprint density at radius 1 is 1.54 bits per heavy atom. The maximum atomic E-state index is 12.4. The number of esters is 1. The lowest BCUT2D eigenvalue weighted by Gasteiger charge is -2.29. The molecule has 0 radical (unpaired) electrons.